The molecular weight excluding hydrogens is 388 g/mol. The van der Waals surface area contributed by atoms with Crippen LogP contribution in [0.5, 0.6) is 11.5 Å². The second-order valence-electron chi connectivity index (χ2n) is 6.03. The highest BCUT2D eigenvalue weighted by molar-refractivity contribution is 8.23. The van der Waals surface area contributed by atoms with Crippen LogP contribution in [-0.2, 0) is 16.1 Å². The number of anilines is 1. The summed E-state index contributed by atoms with van der Waals surface area (Å²) >= 11 is 6.34. The lowest BCUT2D eigenvalue weighted by atomic mass is 10.2. The van der Waals surface area contributed by atoms with Gasteiger partial charge in [0.05, 0.1) is 24.2 Å². The number of benzene rings is 1. The number of rotatable bonds is 5. The lowest BCUT2D eigenvalue weighted by Gasteiger charge is -2.26. The topological polar surface area (TPSA) is 85.7 Å². The number of aromatic nitrogens is 2. The largest absolute Gasteiger partial charge is 0.486 e. The molecule has 8 nitrogen and oxygen atoms in total. The van der Waals surface area contributed by atoms with Crippen molar-refractivity contribution in [2.75, 3.05) is 24.2 Å². The number of carbonyl (C=O) groups excluding carboxylic acids is 2. The lowest BCUT2D eigenvalue weighted by molar-refractivity contribution is -0.127. The first-order valence-electron chi connectivity index (χ1n) is 8.26. The fourth-order valence-electron chi connectivity index (χ4n) is 2.77. The molecule has 1 atom stereocenters. The van der Waals surface area contributed by atoms with E-state index in [9.17, 15) is 9.59 Å². The highest BCUT2D eigenvalue weighted by Crippen LogP contribution is 2.31. The molecule has 0 spiro atoms. The SMILES string of the molecule is O=C(CN1C(=O)CSC1=S)Nc1cnn(CC2COc3ccccc3O2)c1. The minimum Gasteiger partial charge on any atom is -0.486 e. The molecule has 1 saturated heterocycles. The van der Waals surface area contributed by atoms with E-state index in [-0.39, 0.29) is 30.2 Å². The van der Waals surface area contributed by atoms with Crippen molar-refractivity contribution in [2.24, 2.45) is 0 Å². The third kappa shape index (κ3) is 4.06. The summed E-state index contributed by atoms with van der Waals surface area (Å²) in [5.74, 6) is 1.26. The van der Waals surface area contributed by atoms with Crippen molar-refractivity contribution in [1.29, 1.82) is 0 Å². The van der Waals surface area contributed by atoms with Gasteiger partial charge >= 0.3 is 0 Å². The van der Waals surface area contributed by atoms with Gasteiger partial charge in [0.25, 0.3) is 0 Å². The molecule has 2 aliphatic heterocycles. The molecule has 1 N–H and O–H groups in total. The molecule has 27 heavy (non-hydrogen) atoms. The molecule has 2 aromatic rings. The standard InChI is InChI=1S/C17H16N4O4S2/c22-15(8-21-16(23)10-27-17(21)26)19-11-5-18-20(6-11)7-12-9-24-13-3-1-2-4-14(13)25-12/h1-6,12H,7-10H2,(H,19,22). The number of ether oxygens (including phenoxy) is 2. The summed E-state index contributed by atoms with van der Waals surface area (Å²) < 4.78 is 13.7. The number of thioether (sulfide) groups is 1. The minimum atomic E-state index is -0.320. The summed E-state index contributed by atoms with van der Waals surface area (Å²) in [4.78, 5) is 25.1. The molecule has 1 aromatic heterocycles. The van der Waals surface area contributed by atoms with Crippen molar-refractivity contribution in [3.05, 3.63) is 36.7 Å². The second-order valence-corrected chi connectivity index (χ2v) is 7.64. The number of para-hydroxylation sites is 2. The summed E-state index contributed by atoms with van der Waals surface area (Å²) in [5, 5.41) is 6.96. The maximum absolute atomic E-state index is 12.1. The minimum absolute atomic E-state index is 0.0911. The fraction of sp³-hybridized carbons (Fsp3) is 0.294. The quantitative estimate of drug-likeness (QED) is 0.756. The maximum atomic E-state index is 12.1. The second kappa shape index (κ2) is 7.57. The van der Waals surface area contributed by atoms with Crippen LogP contribution < -0.4 is 14.8 Å². The van der Waals surface area contributed by atoms with Gasteiger partial charge in [-0.3, -0.25) is 19.2 Å². The summed E-state index contributed by atoms with van der Waals surface area (Å²) in [6, 6.07) is 7.51. The van der Waals surface area contributed by atoms with Crippen molar-refractivity contribution in [3.8, 4) is 11.5 Å². The summed E-state index contributed by atoms with van der Waals surface area (Å²) in [7, 11) is 0. The first kappa shape index (κ1) is 17.8. The van der Waals surface area contributed by atoms with Gasteiger partial charge in [-0.05, 0) is 12.1 Å². The lowest BCUT2D eigenvalue weighted by Crippen LogP contribution is -2.36. The predicted molar refractivity (Wildman–Crippen MR) is 104 cm³/mol. The summed E-state index contributed by atoms with van der Waals surface area (Å²) in [6.07, 6.45) is 3.08. The Morgan fingerprint density at radius 1 is 1.37 bits per heavy atom. The Balaban J connectivity index is 1.32. The molecular formula is C17H16N4O4S2. The monoisotopic (exact) mass is 404 g/mol. The van der Waals surface area contributed by atoms with E-state index in [1.165, 1.54) is 16.7 Å². The fourth-order valence-corrected chi connectivity index (χ4v) is 3.84. The van der Waals surface area contributed by atoms with Crippen LogP contribution in [0.25, 0.3) is 0 Å². The Kier molecular flexibility index (Phi) is 4.99. The number of hydrogen-bond acceptors (Lipinski definition) is 7. The molecule has 0 radical (unpaired) electrons. The molecule has 140 valence electrons. The highest BCUT2D eigenvalue weighted by atomic mass is 32.2. The van der Waals surface area contributed by atoms with E-state index in [4.69, 9.17) is 21.7 Å². The van der Waals surface area contributed by atoms with E-state index in [0.29, 0.717) is 28.9 Å². The predicted octanol–water partition coefficient (Wildman–Crippen LogP) is 1.52. The van der Waals surface area contributed by atoms with Gasteiger partial charge in [0.1, 0.15) is 17.5 Å². The van der Waals surface area contributed by atoms with E-state index in [1.54, 1.807) is 17.1 Å². The number of carbonyl (C=O) groups is 2. The summed E-state index contributed by atoms with van der Waals surface area (Å²) in [5.41, 5.74) is 0.544. The molecule has 0 aliphatic carbocycles. The van der Waals surface area contributed by atoms with E-state index in [1.807, 2.05) is 24.3 Å². The maximum Gasteiger partial charge on any atom is 0.244 e. The Bertz CT molecular complexity index is 885. The summed E-state index contributed by atoms with van der Waals surface area (Å²) in [6.45, 7) is 0.812. The van der Waals surface area contributed by atoms with E-state index in [0.717, 1.165) is 5.75 Å². The van der Waals surface area contributed by atoms with Crippen LogP contribution in [-0.4, -0.2) is 55.8 Å². The van der Waals surface area contributed by atoms with Crippen molar-refractivity contribution in [1.82, 2.24) is 14.7 Å². The Labute approximate surface area is 164 Å². The number of nitrogens with zero attached hydrogens (tertiary/aromatic N) is 3. The van der Waals surface area contributed by atoms with Crippen LogP contribution in [0.4, 0.5) is 5.69 Å². The average Bonchev–Trinajstić information content (AvgIpc) is 3.22. The molecule has 2 amide bonds. The molecule has 1 unspecified atom stereocenters. The normalized spacial score (nSPS) is 18.7. The van der Waals surface area contributed by atoms with Gasteiger partial charge in [0, 0.05) is 6.20 Å². The zero-order chi connectivity index (χ0) is 18.8. The van der Waals surface area contributed by atoms with Crippen LogP contribution in [0.3, 0.4) is 0 Å². The Morgan fingerprint density at radius 2 is 2.19 bits per heavy atom. The van der Waals surface area contributed by atoms with Crippen molar-refractivity contribution in [3.63, 3.8) is 0 Å². The molecule has 1 aromatic carbocycles. The van der Waals surface area contributed by atoms with Crippen LogP contribution in [0.2, 0.25) is 0 Å². The van der Waals surface area contributed by atoms with Gasteiger partial charge in [-0.15, -0.1) is 0 Å². The van der Waals surface area contributed by atoms with Crippen LogP contribution >= 0.6 is 24.0 Å². The highest BCUT2D eigenvalue weighted by Gasteiger charge is 2.28. The molecule has 1 fully saturated rings. The molecule has 4 rings (SSSR count). The van der Waals surface area contributed by atoms with Gasteiger partial charge in [-0.1, -0.05) is 36.1 Å². The zero-order valence-electron chi connectivity index (χ0n) is 14.2. The van der Waals surface area contributed by atoms with E-state index >= 15 is 0 Å². The van der Waals surface area contributed by atoms with Crippen molar-refractivity contribution in [2.45, 2.75) is 12.6 Å². The Hall–Kier alpha value is -2.59. The number of fused-ring (bicyclic) bond motifs is 1. The smallest absolute Gasteiger partial charge is 0.244 e. The number of hydrogen-bond donors (Lipinski definition) is 1. The first-order valence-corrected chi connectivity index (χ1v) is 9.66. The van der Waals surface area contributed by atoms with Crippen LogP contribution in [0.1, 0.15) is 0 Å². The molecule has 3 heterocycles. The zero-order valence-corrected chi connectivity index (χ0v) is 15.8. The Morgan fingerprint density at radius 3 is 2.96 bits per heavy atom. The third-order valence-corrected chi connectivity index (χ3v) is 5.45. The van der Waals surface area contributed by atoms with E-state index < -0.39 is 0 Å². The van der Waals surface area contributed by atoms with Gasteiger partial charge in [-0.25, -0.2) is 0 Å². The van der Waals surface area contributed by atoms with Crippen LogP contribution in [0.15, 0.2) is 36.7 Å². The van der Waals surface area contributed by atoms with Gasteiger partial charge < -0.3 is 14.8 Å². The van der Waals surface area contributed by atoms with Gasteiger partial charge in [0.2, 0.25) is 11.8 Å². The average molecular weight is 404 g/mol. The van der Waals surface area contributed by atoms with Crippen molar-refractivity contribution < 1.29 is 19.1 Å². The van der Waals surface area contributed by atoms with Gasteiger partial charge in [-0.2, -0.15) is 5.10 Å². The third-order valence-electron chi connectivity index (χ3n) is 4.02. The molecule has 0 saturated carbocycles. The number of amides is 2. The van der Waals surface area contributed by atoms with Crippen LogP contribution in [0, 0.1) is 0 Å². The molecule has 0 bridgehead atoms. The van der Waals surface area contributed by atoms with E-state index in [2.05, 4.69) is 10.4 Å². The number of nitrogens with one attached hydrogen (secondary N) is 1. The first-order chi connectivity index (χ1) is 13.1. The molecule has 10 heteroatoms. The van der Waals surface area contributed by atoms with Gasteiger partial charge in [0.15, 0.2) is 17.6 Å². The van der Waals surface area contributed by atoms with Crippen molar-refractivity contribution >= 4 is 45.8 Å². The number of thiocarbonyl (C=S) groups is 1. The molecule has 2 aliphatic rings.